The summed E-state index contributed by atoms with van der Waals surface area (Å²) in [5.41, 5.74) is 5.54. The van der Waals surface area contributed by atoms with E-state index in [1.165, 1.54) is 7.11 Å². The van der Waals surface area contributed by atoms with Crippen molar-refractivity contribution < 1.29 is 33.1 Å². The maximum atomic E-state index is 13.1. The highest BCUT2D eigenvalue weighted by molar-refractivity contribution is 6.00. The van der Waals surface area contributed by atoms with Gasteiger partial charge < -0.3 is 28.4 Å². The fourth-order valence-corrected chi connectivity index (χ4v) is 6.35. The number of hydrogen-bond acceptors (Lipinski definition) is 9. The van der Waals surface area contributed by atoms with Gasteiger partial charge in [-0.3, -0.25) is 4.90 Å². The summed E-state index contributed by atoms with van der Waals surface area (Å²) in [6.45, 7) is 13.9. The van der Waals surface area contributed by atoms with E-state index in [0.717, 1.165) is 40.9 Å². The maximum Gasteiger partial charge on any atom is 0.410 e. The van der Waals surface area contributed by atoms with Gasteiger partial charge in [0.05, 0.1) is 18.2 Å². The number of methoxy groups -OCH3 is 1. The number of piperazine rings is 1. The van der Waals surface area contributed by atoms with Crippen molar-refractivity contribution in [2.45, 2.75) is 65.9 Å². The SMILES string of the molecule is COC(=O)c1noc(-c2cc(C(C)C)c(OCc3ccccc3)cc2OCc2ccccc2)c1-c1ccc(CN2CCN(C(=O)OC(C)(C)C)CC2)cc1. The van der Waals surface area contributed by atoms with Crippen LogP contribution >= 0.6 is 0 Å². The van der Waals surface area contributed by atoms with Crippen LogP contribution in [0.15, 0.2) is 102 Å². The van der Waals surface area contributed by atoms with Gasteiger partial charge in [0.25, 0.3) is 0 Å². The number of hydrogen-bond donors (Lipinski definition) is 0. The van der Waals surface area contributed by atoms with Gasteiger partial charge in [-0.2, -0.15) is 0 Å². The Kier molecular flexibility index (Phi) is 12.0. The molecule has 1 amide bonds. The lowest BCUT2D eigenvalue weighted by molar-refractivity contribution is 0.0139. The number of benzene rings is 4. The summed E-state index contributed by atoms with van der Waals surface area (Å²) in [5.74, 6) is 1.11. The zero-order valence-corrected chi connectivity index (χ0v) is 32.0. The summed E-state index contributed by atoms with van der Waals surface area (Å²) in [5, 5.41) is 4.24. The van der Waals surface area contributed by atoms with E-state index in [1.54, 1.807) is 4.90 Å². The lowest BCUT2D eigenvalue weighted by Crippen LogP contribution is -2.49. The van der Waals surface area contributed by atoms with Crippen LogP contribution in [0.25, 0.3) is 22.5 Å². The average Bonchev–Trinajstić information content (AvgIpc) is 3.61. The summed E-state index contributed by atoms with van der Waals surface area (Å²) in [6, 6.07) is 31.9. The summed E-state index contributed by atoms with van der Waals surface area (Å²) >= 11 is 0. The number of esters is 1. The predicted octanol–water partition coefficient (Wildman–Crippen LogP) is 9.13. The molecule has 1 saturated heterocycles. The molecular formula is C44H49N3O7. The van der Waals surface area contributed by atoms with Crippen molar-refractivity contribution in [3.8, 4) is 33.9 Å². The Hall–Kier alpha value is -5.61. The number of amides is 1. The van der Waals surface area contributed by atoms with Crippen molar-refractivity contribution in [1.82, 2.24) is 15.0 Å². The number of carbonyl (C=O) groups is 2. The van der Waals surface area contributed by atoms with E-state index in [-0.39, 0.29) is 17.7 Å². The largest absolute Gasteiger partial charge is 0.488 e. The van der Waals surface area contributed by atoms with Crippen molar-refractivity contribution in [1.29, 1.82) is 0 Å². The lowest BCUT2D eigenvalue weighted by atomic mass is 9.93. The standard InChI is InChI=1S/C44H49N3O7/c1-30(2)35-25-36(38(52-29-33-15-11-8-12-16-33)26-37(35)51-28-32-13-9-7-10-14-32)41-39(40(45-54-41)42(48)50-6)34-19-17-31(18-20-34)27-46-21-23-47(24-22-46)43(49)53-44(3,4)5/h7-20,25-26,30H,21-24,27-29H2,1-6H3. The topological polar surface area (TPSA) is 104 Å². The van der Waals surface area contributed by atoms with Gasteiger partial charge in [0.15, 0.2) is 11.5 Å². The van der Waals surface area contributed by atoms with E-state index in [4.69, 9.17) is 23.5 Å². The first-order valence-corrected chi connectivity index (χ1v) is 18.4. The molecule has 0 aliphatic carbocycles. The fourth-order valence-electron chi connectivity index (χ4n) is 6.35. The Morgan fingerprint density at radius 1 is 0.778 bits per heavy atom. The van der Waals surface area contributed by atoms with Gasteiger partial charge in [0.2, 0.25) is 0 Å². The van der Waals surface area contributed by atoms with Crippen LogP contribution in [0.1, 0.15) is 73.3 Å². The van der Waals surface area contributed by atoms with Gasteiger partial charge >= 0.3 is 12.1 Å². The molecule has 1 aliphatic heterocycles. The molecule has 1 fully saturated rings. The molecule has 2 heterocycles. The first-order valence-electron chi connectivity index (χ1n) is 18.4. The van der Waals surface area contributed by atoms with Crippen LogP contribution in [0.5, 0.6) is 11.5 Å². The first-order chi connectivity index (χ1) is 26.0. The summed E-state index contributed by atoms with van der Waals surface area (Å²) in [7, 11) is 1.33. The van der Waals surface area contributed by atoms with Crippen molar-refractivity contribution in [2.24, 2.45) is 0 Å². The molecule has 0 N–H and O–H groups in total. The van der Waals surface area contributed by atoms with E-state index >= 15 is 0 Å². The van der Waals surface area contributed by atoms with E-state index < -0.39 is 11.6 Å². The van der Waals surface area contributed by atoms with Crippen LogP contribution in [0.3, 0.4) is 0 Å². The van der Waals surface area contributed by atoms with Gasteiger partial charge in [0.1, 0.15) is 30.3 Å². The molecule has 5 aromatic rings. The minimum absolute atomic E-state index is 0.0722. The van der Waals surface area contributed by atoms with Crippen LogP contribution in [-0.4, -0.2) is 65.9 Å². The molecule has 6 rings (SSSR count). The molecule has 0 saturated carbocycles. The third kappa shape index (κ3) is 9.48. The summed E-state index contributed by atoms with van der Waals surface area (Å²) in [6.07, 6.45) is -0.277. The van der Waals surface area contributed by atoms with Crippen LogP contribution in [-0.2, 0) is 29.2 Å². The Morgan fingerprint density at radius 2 is 1.37 bits per heavy atom. The molecule has 1 aromatic heterocycles. The fraction of sp³-hybridized carbons (Fsp3) is 0.341. The van der Waals surface area contributed by atoms with E-state index in [9.17, 15) is 9.59 Å². The number of nitrogens with zero attached hydrogens (tertiary/aromatic N) is 3. The van der Waals surface area contributed by atoms with Crippen molar-refractivity contribution >= 4 is 12.1 Å². The molecule has 0 atom stereocenters. The van der Waals surface area contributed by atoms with Gasteiger partial charge in [-0.25, -0.2) is 9.59 Å². The van der Waals surface area contributed by atoms with E-state index in [0.29, 0.717) is 61.2 Å². The van der Waals surface area contributed by atoms with Crippen LogP contribution in [0.4, 0.5) is 4.79 Å². The Labute approximate surface area is 317 Å². The zero-order valence-electron chi connectivity index (χ0n) is 32.0. The predicted molar refractivity (Wildman–Crippen MR) is 207 cm³/mol. The molecular weight excluding hydrogens is 682 g/mol. The molecule has 282 valence electrons. The Morgan fingerprint density at radius 3 is 1.93 bits per heavy atom. The van der Waals surface area contributed by atoms with E-state index in [2.05, 4.69) is 23.9 Å². The average molecular weight is 732 g/mol. The number of ether oxygens (including phenoxy) is 4. The quantitative estimate of drug-likeness (QED) is 0.116. The Bertz CT molecular complexity index is 2010. The minimum atomic E-state index is -0.606. The summed E-state index contributed by atoms with van der Waals surface area (Å²) in [4.78, 5) is 29.8. The zero-order chi connectivity index (χ0) is 38.2. The van der Waals surface area contributed by atoms with Gasteiger partial charge in [0, 0.05) is 38.8 Å². The van der Waals surface area contributed by atoms with Crippen molar-refractivity contribution in [3.05, 3.63) is 125 Å². The van der Waals surface area contributed by atoms with Crippen molar-refractivity contribution in [3.63, 3.8) is 0 Å². The second kappa shape index (κ2) is 17.0. The minimum Gasteiger partial charge on any atom is -0.488 e. The Balaban J connectivity index is 1.31. The molecule has 0 bridgehead atoms. The third-order valence-electron chi connectivity index (χ3n) is 9.20. The molecule has 0 spiro atoms. The highest BCUT2D eigenvalue weighted by Crippen LogP contribution is 2.44. The second-order valence-corrected chi connectivity index (χ2v) is 14.8. The monoisotopic (exact) mass is 731 g/mol. The van der Waals surface area contributed by atoms with Crippen LogP contribution in [0.2, 0.25) is 0 Å². The summed E-state index contributed by atoms with van der Waals surface area (Å²) < 4.78 is 29.7. The smallest absolute Gasteiger partial charge is 0.410 e. The van der Waals surface area contributed by atoms with Crippen LogP contribution in [0, 0.1) is 0 Å². The third-order valence-corrected chi connectivity index (χ3v) is 9.20. The second-order valence-electron chi connectivity index (χ2n) is 14.8. The maximum absolute atomic E-state index is 13.1. The number of aromatic nitrogens is 1. The highest BCUT2D eigenvalue weighted by Gasteiger charge is 2.29. The normalized spacial score (nSPS) is 13.5. The lowest BCUT2D eigenvalue weighted by Gasteiger charge is -2.35. The van der Waals surface area contributed by atoms with Gasteiger partial charge in [-0.1, -0.05) is 104 Å². The molecule has 1 aliphatic rings. The van der Waals surface area contributed by atoms with Gasteiger partial charge in [-0.05, 0) is 60.6 Å². The highest BCUT2D eigenvalue weighted by atomic mass is 16.6. The van der Waals surface area contributed by atoms with E-state index in [1.807, 2.05) is 118 Å². The van der Waals surface area contributed by atoms with Crippen molar-refractivity contribution in [2.75, 3.05) is 33.3 Å². The van der Waals surface area contributed by atoms with Gasteiger partial charge in [-0.15, -0.1) is 0 Å². The molecule has 54 heavy (non-hydrogen) atoms. The number of rotatable bonds is 12. The molecule has 0 unspecified atom stereocenters. The molecule has 10 heteroatoms. The molecule has 4 aromatic carbocycles. The molecule has 10 nitrogen and oxygen atoms in total. The first kappa shape index (κ1) is 38.1. The van der Waals surface area contributed by atoms with Crippen LogP contribution < -0.4 is 9.47 Å². The number of carbonyl (C=O) groups excluding carboxylic acids is 2. The molecule has 0 radical (unpaired) electrons.